The molecule has 7 rings (SSSR count). The lowest BCUT2D eigenvalue weighted by atomic mass is 10.0. The Kier molecular flexibility index (Phi) is 39.2. The first-order chi connectivity index (χ1) is 43.2. The van der Waals surface area contributed by atoms with E-state index in [0.29, 0.717) is 38.8 Å². The molecule has 13 nitrogen and oxygen atoms in total. The molecule has 7 aromatic rings. The summed E-state index contributed by atoms with van der Waals surface area (Å²) < 4.78 is 7.85. The van der Waals surface area contributed by atoms with Gasteiger partial charge in [-0.2, -0.15) is 0 Å². The molecule has 2 unspecified atom stereocenters. The number of allylic oxidation sites excluding steroid dienone is 4. The number of ketones is 1. The number of nitrogen functional groups attached to an aromatic ring is 1. The van der Waals surface area contributed by atoms with E-state index in [1.165, 1.54) is 64.3 Å². The van der Waals surface area contributed by atoms with Crippen LogP contribution in [0.25, 0.3) is 0 Å². The highest BCUT2D eigenvalue weighted by atomic mass is 16.7. The summed E-state index contributed by atoms with van der Waals surface area (Å²) in [6.45, 7) is 25.3. The number of benzene rings is 4. The molecule has 3 heterocycles. The summed E-state index contributed by atoms with van der Waals surface area (Å²) in [7, 11) is 1.70. The zero-order valence-electron chi connectivity index (χ0n) is 55.4. The number of nitrogens with one attached hydrogen (secondary N) is 1. The van der Waals surface area contributed by atoms with E-state index in [2.05, 4.69) is 75.4 Å². The number of anilines is 1. The minimum atomic E-state index is -0.142. The maximum Gasteiger partial charge on any atom is 0.283 e. The largest absolute Gasteiger partial charge is 0.406 e. The van der Waals surface area contributed by atoms with Crippen molar-refractivity contribution in [1.82, 2.24) is 24.2 Å². The fourth-order valence-corrected chi connectivity index (χ4v) is 9.23. The van der Waals surface area contributed by atoms with Crippen molar-refractivity contribution in [2.75, 3.05) is 32.5 Å². The molecule has 0 bridgehead atoms. The minimum absolute atomic E-state index is 0.0191. The van der Waals surface area contributed by atoms with Crippen LogP contribution >= 0.6 is 0 Å². The molecule has 0 aliphatic carbocycles. The molecule has 3 N–H and O–H groups in total. The Morgan fingerprint density at radius 2 is 1.13 bits per heavy atom. The number of carbonyl (C=O) groups is 1. The highest BCUT2D eigenvalue weighted by Gasteiger charge is 2.20. The number of nitrogens with zero attached hydrogens (tertiary/aromatic N) is 4. The van der Waals surface area contributed by atoms with Gasteiger partial charge in [-0.1, -0.05) is 214 Å². The molecule has 2 atom stereocenters. The van der Waals surface area contributed by atoms with E-state index in [-0.39, 0.29) is 22.5 Å². The van der Waals surface area contributed by atoms with Crippen LogP contribution in [0.1, 0.15) is 166 Å². The molecular formula is C76H106N6O7. The quantitative estimate of drug-likeness (QED) is 0.0180. The number of hydrogen-bond acceptors (Lipinski definition) is 10. The van der Waals surface area contributed by atoms with Crippen molar-refractivity contribution in [3.05, 3.63) is 264 Å². The number of hydrogen-bond donors (Lipinski definition) is 2. The lowest BCUT2D eigenvalue weighted by Gasteiger charge is -2.31. The van der Waals surface area contributed by atoms with Gasteiger partial charge in [-0.15, -0.1) is 9.46 Å². The topological polar surface area (TPSA) is 154 Å². The van der Waals surface area contributed by atoms with Crippen molar-refractivity contribution >= 4 is 11.5 Å². The molecule has 0 aliphatic heterocycles. The van der Waals surface area contributed by atoms with Crippen LogP contribution in [0.4, 0.5) is 5.69 Å². The molecule has 89 heavy (non-hydrogen) atoms. The van der Waals surface area contributed by atoms with Gasteiger partial charge in [-0.05, 0) is 143 Å². The van der Waals surface area contributed by atoms with E-state index >= 15 is 0 Å². The van der Waals surface area contributed by atoms with Crippen LogP contribution in [0.5, 0.6) is 0 Å². The molecule has 0 saturated carbocycles. The number of unbranched alkanes of at least 4 members (excludes halogenated alkanes) is 2. The summed E-state index contributed by atoms with van der Waals surface area (Å²) in [6.07, 6.45) is 18.1. The highest BCUT2D eigenvalue weighted by Crippen LogP contribution is 2.18. The molecule has 0 saturated heterocycles. The maximum absolute atomic E-state index is 12.6. The van der Waals surface area contributed by atoms with Gasteiger partial charge in [0.05, 0.1) is 18.0 Å². The van der Waals surface area contributed by atoms with Gasteiger partial charge in [-0.3, -0.25) is 29.0 Å². The summed E-state index contributed by atoms with van der Waals surface area (Å²) in [5.74, 6) is 0.943. The number of pyridine rings is 3. The number of ether oxygens (including phenoxy) is 1. The molecule has 0 radical (unpaired) electrons. The van der Waals surface area contributed by atoms with Crippen molar-refractivity contribution in [1.29, 1.82) is 0 Å². The van der Waals surface area contributed by atoms with Crippen LogP contribution in [-0.2, 0) is 55.3 Å². The summed E-state index contributed by atoms with van der Waals surface area (Å²) in [6, 6.07) is 54.4. The zero-order chi connectivity index (χ0) is 64.9. The lowest BCUT2D eigenvalue weighted by Crippen LogP contribution is -2.39. The predicted octanol–water partition coefficient (Wildman–Crippen LogP) is 15.2. The average Bonchev–Trinajstić information content (AvgIpc) is 3.71. The highest BCUT2D eigenvalue weighted by molar-refractivity contribution is 5.89. The Morgan fingerprint density at radius 3 is 1.61 bits per heavy atom. The number of aromatic nitrogens is 3. The molecule has 4 aromatic carbocycles. The molecule has 0 amide bonds. The summed E-state index contributed by atoms with van der Waals surface area (Å²) in [5.41, 5.74) is 15.0. The van der Waals surface area contributed by atoms with E-state index in [0.717, 1.165) is 105 Å². The second kappa shape index (κ2) is 46.3. The van der Waals surface area contributed by atoms with Gasteiger partial charge >= 0.3 is 0 Å². The maximum atomic E-state index is 12.6. The van der Waals surface area contributed by atoms with Gasteiger partial charge in [-0.25, -0.2) is 0 Å². The number of aromatic amines is 1. The van der Waals surface area contributed by atoms with Crippen molar-refractivity contribution < 1.29 is 19.2 Å². The Hall–Kier alpha value is -7.84. The van der Waals surface area contributed by atoms with E-state index < -0.39 is 0 Å². The first-order valence-electron chi connectivity index (χ1n) is 32.3. The number of nitrogens with two attached hydrogens (primary N) is 1. The van der Waals surface area contributed by atoms with Crippen molar-refractivity contribution in [2.45, 2.75) is 178 Å². The first kappa shape index (κ1) is 75.4. The van der Waals surface area contributed by atoms with Gasteiger partial charge in [0.25, 0.3) is 11.1 Å². The third kappa shape index (κ3) is 32.3. The van der Waals surface area contributed by atoms with Crippen LogP contribution in [-0.4, -0.2) is 62.8 Å². The molecule has 0 fully saturated rings. The molecule has 482 valence electrons. The normalized spacial score (nSPS) is 11.7. The number of rotatable bonds is 32. The molecule has 13 heteroatoms. The lowest BCUT2D eigenvalue weighted by molar-refractivity contribution is -0.114. The molecule has 0 spiro atoms. The average molecular weight is 1220 g/mol. The first-order valence-corrected chi connectivity index (χ1v) is 32.3. The SMILES string of the molecule is CCCC(=O)/C=C\C=C(/C)CC.CCCCCN(CCC(C)CC)Cc1cccc(=O)n1OCc1ccccc1.CCCN(Cc1cccc(=O)n1OCc1ccccc1)C(CC)Cc1ccc(N)cc1.CCc1cccc(=O)[nH]1.COCc1ccccc1. The number of aryl methyl sites for hydroxylation is 1. The summed E-state index contributed by atoms with van der Waals surface area (Å²) >= 11 is 0. The second-order valence-corrected chi connectivity index (χ2v) is 22.3. The summed E-state index contributed by atoms with van der Waals surface area (Å²) in [5, 5.41) is 0. The monoisotopic (exact) mass is 1210 g/mol. The van der Waals surface area contributed by atoms with Crippen LogP contribution in [0.3, 0.4) is 0 Å². The third-order valence-corrected chi connectivity index (χ3v) is 14.9. The number of carbonyl (C=O) groups excluding carboxylic acids is 1. The van der Waals surface area contributed by atoms with Gasteiger partial charge in [0.15, 0.2) is 5.78 Å². The van der Waals surface area contributed by atoms with Crippen molar-refractivity contribution in [3.63, 3.8) is 0 Å². The van der Waals surface area contributed by atoms with Gasteiger partial charge in [0, 0.05) is 62.2 Å². The fourth-order valence-electron chi connectivity index (χ4n) is 9.23. The van der Waals surface area contributed by atoms with E-state index in [9.17, 15) is 19.2 Å². The Balaban J connectivity index is 0.000000321. The zero-order valence-corrected chi connectivity index (χ0v) is 55.4. The van der Waals surface area contributed by atoms with Gasteiger partial charge in [0.1, 0.15) is 13.2 Å². The van der Waals surface area contributed by atoms with Gasteiger partial charge < -0.3 is 25.1 Å². The standard InChI is InChI=1S/C26H33N3O2.C24H36N2O2.C11H18O.C8H10O.C7H9NO/c1-3-17-28(24(4-2)18-21-13-15-23(27)16-14-21)19-25-11-8-12-26(30)29(25)31-20-22-9-6-5-7-10-22;1-4-6-10-17-25(18-16-21(3)5-2)19-23-14-11-15-24(27)26(23)28-20-22-12-8-7-9-13-22;1-4-7-11(12)9-6-8-10(3)5-2;1-9-7-8-5-3-2-4-6-8;1-2-6-4-3-5-7(9)8-6/h5-16,24H,3-4,17-20,27H2,1-2H3;7-9,11-15,21H,4-6,10,16-20H2,1-3H3;6,8-9H,4-5,7H2,1-3H3;2-6H,7H2,1H3;3-5H,2H2,1H3,(H,8,9)/b;;9-6-,10-8+;;. The second-order valence-electron chi connectivity index (χ2n) is 22.3. The van der Waals surface area contributed by atoms with Crippen LogP contribution in [0.2, 0.25) is 0 Å². The summed E-state index contributed by atoms with van der Waals surface area (Å²) in [4.78, 5) is 66.1. The third-order valence-electron chi connectivity index (χ3n) is 14.9. The van der Waals surface area contributed by atoms with Crippen LogP contribution in [0, 0.1) is 5.92 Å². The molecule has 3 aromatic heterocycles. The Morgan fingerprint density at radius 1 is 0.584 bits per heavy atom. The smallest absolute Gasteiger partial charge is 0.283 e. The van der Waals surface area contributed by atoms with Crippen molar-refractivity contribution in [2.24, 2.45) is 5.92 Å². The van der Waals surface area contributed by atoms with Crippen LogP contribution in [0.15, 0.2) is 208 Å². The number of methoxy groups -OCH3 is 1. The fraction of sp³-hybridized carbons (Fsp3) is 0.421. The van der Waals surface area contributed by atoms with E-state index in [1.54, 1.807) is 31.4 Å². The predicted molar refractivity (Wildman–Crippen MR) is 370 cm³/mol. The minimum Gasteiger partial charge on any atom is -0.406 e. The van der Waals surface area contributed by atoms with Gasteiger partial charge in [0.2, 0.25) is 5.56 Å². The van der Waals surface area contributed by atoms with Crippen LogP contribution < -0.4 is 32.1 Å². The molecule has 0 aliphatic rings. The Labute approximate surface area is 533 Å². The molecular weight excluding hydrogens is 1110 g/mol. The van der Waals surface area contributed by atoms with E-state index in [4.69, 9.17) is 20.1 Å². The van der Waals surface area contributed by atoms with Crippen molar-refractivity contribution in [3.8, 4) is 0 Å². The Bertz CT molecular complexity index is 3190. The number of H-pyrrole nitrogens is 1. The van der Waals surface area contributed by atoms with E-state index in [1.807, 2.05) is 159 Å².